The molecule has 3 rings (SSSR count). The van der Waals surface area contributed by atoms with E-state index in [1.165, 1.54) is 0 Å². The van der Waals surface area contributed by atoms with Crippen molar-refractivity contribution in [3.63, 3.8) is 0 Å². The summed E-state index contributed by atoms with van der Waals surface area (Å²) >= 11 is 0. The molecule has 0 radical (unpaired) electrons. The van der Waals surface area contributed by atoms with Crippen LogP contribution in [0.4, 0.5) is 0 Å². The third-order valence-corrected chi connectivity index (χ3v) is 2.96. The van der Waals surface area contributed by atoms with Gasteiger partial charge in [-0.05, 0) is 0 Å². The Balaban J connectivity index is 0.000000480. The molecule has 0 aromatic heterocycles. The van der Waals surface area contributed by atoms with E-state index in [2.05, 4.69) is 17.5 Å². The Morgan fingerprint density at radius 3 is 2.18 bits per heavy atom. The van der Waals surface area contributed by atoms with Gasteiger partial charge in [-0.3, -0.25) is 0 Å². The highest BCUT2D eigenvalue weighted by molar-refractivity contribution is 5.85. The molecule has 1 N–H and O–H groups in total. The van der Waals surface area contributed by atoms with Gasteiger partial charge in [0, 0.05) is 24.9 Å². The van der Waals surface area contributed by atoms with E-state index in [0.717, 1.165) is 24.9 Å². The Bertz CT molecular complexity index is 177. The van der Waals surface area contributed by atoms with Crippen LogP contribution in [0.1, 0.15) is 0 Å². The smallest absolute Gasteiger partial charge is 0.0809 e. The molecular weight excluding hydrogens is 162 g/mol. The standard InChI is InChI=1S/C8H11NO.ClH/c1-2-8-6-4-9-3-5(6)7(1)10-8;/h1-2,5-9H,3-4H2;1H. The minimum Gasteiger partial charge on any atom is -0.366 e. The van der Waals surface area contributed by atoms with Crippen LogP contribution in [0.15, 0.2) is 12.2 Å². The zero-order valence-corrected chi connectivity index (χ0v) is 7.01. The number of nitrogens with one attached hydrogen (secondary N) is 1. The van der Waals surface area contributed by atoms with E-state index in [-0.39, 0.29) is 12.4 Å². The third-order valence-electron chi connectivity index (χ3n) is 2.96. The Labute approximate surface area is 72.4 Å². The quantitative estimate of drug-likeness (QED) is 0.542. The van der Waals surface area contributed by atoms with Crippen molar-refractivity contribution in [3.05, 3.63) is 12.2 Å². The maximum atomic E-state index is 5.69. The first-order chi connectivity index (χ1) is 4.95. The molecule has 0 spiro atoms. The molecule has 2 saturated heterocycles. The van der Waals surface area contributed by atoms with Crippen molar-refractivity contribution in [2.45, 2.75) is 12.2 Å². The monoisotopic (exact) mass is 173 g/mol. The van der Waals surface area contributed by atoms with Crippen molar-refractivity contribution in [1.82, 2.24) is 5.32 Å². The van der Waals surface area contributed by atoms with Crippen LogP contribution >= 0.6 is 12.4 Å². The lowest BCUT2D eigenvalue weighted by Crippen LogP contribution is -2.21. The summed E-state index contributed by atoms with van der Waals surface area (Å²) in [5.41, 5.74) is 0. The fourth-order valence-corrected chi connectivity index (χ4v) is 2.42. The van der Waals surface area contributed by atoms with Gasteiger partial charge in [0.2, 0.25) is 0 Å². The molecule has 11 heavy (non-hydrogen) atoms. The lowest BCUT2D eigenvalue weighted by molar-refractivity contribution is 0.0986. The van der Waals surface area contributed by atoms with Crippen molar-refractivity contribution in [2.75, 3.05) is 13.1 Å². The fraction of sp³-hybridized carbons (Fsp3) is 0.750. The Morgan fingerprint density at radius 2 is 1.64 bits per heavy atom. The van der Waals surface area contributed by atoms with Gasteiger partial charge in [0.05, 0.1) is 12.2 Å². The molecule has 2 bridgehead atoms. The lowest BCUT2D eigenvalue weighted by atomic mass is 9.86. The van der Waals surface area contributed by atoms with Crippen molar-refractivity contribution in [1.29, 1.82) is 0 Å². The Kier molecular flexibility index (Phi) is 1.71. The minimum absolute atomic E-state index is 0. The highest BCUT2D eigenvalue weighted by atomic mass is 35.5. The van der Waals surface area contributed by atoms with Crippen LogP contribution in [0, 0.1) is 11.8 Å². The highest BCUT2D eigenvalue weighted by Crippen LogP contribution is 2.40. The van der Waals surface area contributed by atoms with Crippen LogP contribution in [0.25, 0.3) is 0 Å². The second-order valence-corrected chi connectivity index (χ2v) is 3.44. The number of hydrogen-bond acceptors (Lipinski definition) is 2. The second kappa shape index (κ2) is 2.47. The van der Waals surface area contributed by atoms with Gasteiger partial charge in [0.15, 0.2) is 0 Å². The van der Waals surface area contributed by atoms with Crippen molar-refractivity contribution in [2.24, 2.45) is 11.8 Å². The van der Waals surface area contributed by atoms with Gasteiger partial charge in [-0.25, -0.2) is 0 Å². The molecule has 0 aromatic carbocycles. The Morgan fingerprint density at radius 1 is 1.09 bits per heavy atom. The molecule has 0 amide bonds. The molecule has 2 fully saturated rings. The van der Waals surface area contributed by atoms with Crippen LogP contribution < -0.4 is 5.32 Å². The van der Waals surface area contributed by atoms with E-state index in [4.69, 9.17) is 4.74 Å². The topological polar surface area (TPSA) is 21.3 Å². The van der Waals surface area contributed by atoms with E-state index in [1.807, 2.05) is 0 Å². The molecule has 0 aromatic rings. The first-order valence-corrected chi connectivity index (χ1v) is 4.00. The number of hydrogen-bond donors (Lipinski definition) is 1. The lowest BCUT2D eigenvalue weighted by Gasteiger charge is -2.13. The summed E-state index contributed by atoms with van der Waals surface area (Å²) in [5.74, 6) is 1.57. The molecule has 0 saturated carbocycles. The molecule has 4 unspecified atom stereocenters. The number of rotatable bonds is 0. The zero-order chi connectivity index (χ0) is 6.55. The minimum atomic E-state index is 0. The molecule has 2 nitrogen and oxygen atoms in total. The van der Waals surface area contributed by atoms with Crippen molar-refractivity contribution < 1.29 is 4.74 Å². The van der Waals surface area contributed by atoms with Gasteiger partial charge in [-0.15, -0.1) is 12.4 Å². The third kappa shape index (κ3) is 0.866. The summed E-state index contributed by atoms with van der Waals surface area (Å²) in [7, 11) is 0. The van der Waals surface area contributed by atoms with Crippen LogP contribution in [0.5, 0.6) is 0 Å². The van der Waals surface area contributed by atoms with Crippen molar-refractivity contribution in [3.8, 4) is 0 Å². The maximum absolute atomic E-state index is 5.69. The van der Waals surface area contributed by atoms with Gasteiger partial charge in [0.25, 0.3) is 0 Å². The molecule has 62 valence electrons. The summed E-state index contributed by atoms with van der Waals surface area (Å²) in [6.07, 6.45) is 5.34. The predicted octanol–water partition coefficient (Wildman–Crippen LogP) is 0.581. The van der Waals surface area contributed by atoms with Crippen LogP contribution in [-0.2, 0) is 4.74 Å². The van der Waals surface area contributed by atoms with E-state index < -0.39 is 0 Å². The van der Waals surface area contributed by atoms with Crippen molar-refractivity contribution >= 4 is 12.4 Å². The van der Waals surface area contributed by atoms with E-state index in [1.54, 1.807) is 0 Å². The molecule has 3 heteroatoms. The average Bonchev–Trinajstić information content (AvgIpc) is 2.60. The van der Waals surface area contributed by atoms with Gasteiger partial charge in [-0.2, -0.15) is 0 Å². The molecular formula is C8H12ClNO. The highest BCUT2D eigenvalue weighted by Gasteiger charge is 2.47. The van der Waals surface area contributed by atoms with E-state index in [9.17, 15) is 0 Å². The van der Waals surface area contributed by atoms with Crippen LogP contribution in [0.3, 0.4) is 0 Å². The SMILES string of the molecule is C1=CC2OC1C1CNCC21.Cl. The van der Waals surface area contributed by atoms with Crippen LogP contribution in [0.2, 0.25) is 0 Å². The van der Waals surface area contributed by atoms with E-state index in [0.29, 0.717) is 12.2 Å². The van der Waals surface area contributed by atoms with Crippen LogP contribution in [-0.4, -0.2) is 25.3 Å². The van der Waals surface area contributed by atoms with Gasteiger partial charge >= 0.3 is 0 Å². The maximum Gasteiger partial charge on any atom is 0.0809 e. The van der Waals surface area contributed by atoms with Gasteiger partial charge < -0.3 is 10.1 Å². The molecule has 3 heterocycles. The summed E-state index contributed by atoms with van der Waals surface area (Å²) in [6.45, 7) is 2.33. The van der Waals surface area contributed by atoms with Gasteiger partial charge in [0.1, 0.15) is 0 Å². The van der Waals surface area contributed by atoms with Gasteiger partial charge in [-0.1, -0.05) is 12.2 Å². The number of fused-ring (bicyclic) bond motifs is 5. The first-order valence-electron chi connectivity index (χ1n) is 4.00. The first kappa shape index (κ1) is 7.59. The Hall–Kier alpha value is -0.0500. The zero-order valence-electron chi connectivity index (χ0n) is 6.19. The second-order valence-electron chi connectivity index (χ2n) is 3.44. The average molecular weight is 174 g/mol. The summed E-state index contributed by atoms with van der Waals surface area (Å²) in [4.78, 5) is 0. The number of ether oxygens (including phenoxy) is 1. The molecule has 0 aliphatic carbocycles. The van der Waals surface area contributed by atoms with E-state index >= 15 is 0 Å². The largest absolute Gasteiger partial charge is 0.366 e. The summed E-state index contributed by atoms with van der Waals surface area (Å²) in [6, 6.07) is 0. The molecule has 3 aliphatic rings. The fourth-order valence-electron chi connectivity index (χ4n) is 2.42. The molecule has 3 aliphatic heterocycles. The normalized spacial score (nSPS) is 50.9. The summed E-state index contributed by atoms with van der Waals surface area (Å²) in [5, 5.41) is 3.41. The predicted molar refractivity (Wildman–Crippen MR) is 44.9 cm³/mol. The number of halogens is 1. The summed E-state index contributed by atoms with van der Waals surface area (Å²) < 4.78 is 5.69. The molecule has 4 atom stereocenters.